The summed E-state index contributed by atoms with van der Waals surface area (Å²) >= 11 is 0. The van der Waals surface area contributed by atoms with Gasteiger partial charge in [0.1, 0.15) is 5.69 Å². The zero-order valence-corrected chi connectivity index (χ0v) is 11.8. The van der Waals surface area contributed by atoms with Gasteiger partial charge in [-0.3, -0.25) is 19.7 Å². The van der Waals surface area contributed by atoms with Gasteiger partial charge in [-0.2, -0.15) is 9.50 Å². The summed E-state index contributed by atoms with van der Waals surface area (Å²) in [7, 11) is 0. The van der Waals surface area contributed by atoms with Gasteiger partial charge in [-0.1, -0.05) is 6.07 Å². The van der Waals surface area contributed by atoms with Crippen LogP contribution in [-0.4, -0.2) is 35.6 Å². The van der Waals surface area contributed by atoms with Crippen LogP contribution in [0.15, 0.2) is 29.2 Å². The Morgan fingerprint density at radius 3 is 2.86 bits per heavy atom. The number of aliphatic carboxylic acids is 1. The summed E-state index contributed by atoms with van der Waals surface area (Å²) in [4.78, 5) is 35.8. The first-order valence-electron chi connectivity index (χ1n) is 6.67. The second-order valence-corrected chi connectivity index (χ2v) is 4.80. The predicted molar refractivity (Wildman–Crippen MR) is 77.5 cm³/mol. The van der Waals surface area contributed by atoms with Crippen LogP contribution in [0.2, 0.25) is 0 Å². The van der Waals surface area contributed by atoms with Crippen molar-refractivity contribution in [3.63, 3.8) is 0 Å². The maximum absolute atomic E-state index is 12.4. The number of carboxylic acid groups (broad SMARTS) is 1. The first kappa shape index (κ1) is 13.9. The number of aromatic amines is 1. The van der Waals surface area contributed by atoms with Crippen molar-refractivity contribution in [2.24, 2.45) is 0 Å². The molecule has 0 saturated heterocycles. The smallest absolute Gasteiger partial charge is 0.303 e. The molecule has 8 heteroatoms. The monoisotopic (exact) mass is 299 g/mol. The van der Waals surface area contributed by atoms with Crippen LogP contribution >= 0.6 is 0 Å². The highest BCUT2D eigenvalue weighted by Gasteiger charge is 2.15. The van der Waals surface area contributed by atoms with Crippen molar-refractivity contribution in [2.45, 2.75) is 19.8 Å². The number of rotatable bonds is 4. The molecule has 0 aromatic carbocycles. The van der Waals surface area contributed by atoms with E-state index in [0.29, 0.717) is 22.8 Å². The van der Waals surface area contributed by atoms with Gasteiger partial charge in [0.15, 0.2) is 5.82 Å². The lowest BCUT2D eigenvalue weighted by atomic mass is 10.1. The molecule has 0 bridgehead atoms. The Balaban J connectivity index is 2.11. The Bertz CT molecular complexity index is 898. The second-order valence-electron chi connectivity index (χ2n) is 4.80. The minimum absolute atomic E-state index is 0.120. The molecule has 0 aliphatic carbocycles. The molecule has 0 unspecified atom stereocenters. The molecule has 0 atom stereocenters. The molecule has 3 heterocycles. The first-order valence-corrected chi connectivity index (χ1v) is 6.67. The Labute approximate surface area is 124 Å². The number of H-pyrrole nitrogens is 1. The molecule has 0 aliphatic heterocycles. The third kappa shape index (κ3) is 2.46. The predicted octanol–water partition coefficient (Wildman–Crippen LogP) is 0.805. The Hall–Kier alpha value is -3.03. The van der Waals surface area contributed by atoms with Crippen molar-refractivity contribution in [3.8, 4) is 11.5 Å². The van der Waals surface area contributed by atoms with E-state index < -0.39 is 5.97 Å². The van der Waals surface area contributed by atoms with E-state index in [4.69, 9.17) is 5.11 Å². The topological polar surface area (TPSA) is 113 Å². The number of aryl methyl sites for hydroxylation is 1. The number of carboxylic acids is 1. The van der Waals surface area contributed by atoms with Crippen LogP contribution in [0.1, 0.15) is 17.7 Å². The Morgan fingerprint density at radius 1 is 1.36 bits per heavy atom. The summed E-state index contributed by atoms with van der Waals surface area (Å²) in [6.45, 7) is 1.67. The Morgan fingerprint density at radius 2 is 2.18 bits per heavy atom. The highest BCUT2D eigenvalue weighted by molar-refractivity contribution is 5.67. The number of nitrogens with zero attached hydrogens (tertiary/aromatic N) is 4. The van der Waals surface area contributed by atoms with Gasteiger partial charge in [-0.25, -0.2) is 4.98 Å². The zero-order chi connectivity index (χ0) is 15.7. The molecule has 0 radical (unpaired) electrons. The van der Waals surface area contributed by atoms with Gasteiger partial charge in [0.05, 0.1) is 5.69 Å². The lowest BCUT2D eigenvalue weighted by molar-refractivity contribution is -0.136. The third-order valence-electron chi connectivity index (χ3n) is 3.29. The highest BCUT2D eigenvalue weighted by atomic mass is 16.4. The SMILES string of the molecule is Cc1nc2nc(-c3ccccn3)[nH]n2c(=O)c1CCC(=O)O. The van der Waals surface area contributed by atoms with Crippen LogP contribution in [0.4, 0.5) is 0 Å². The number of pyridine rings is 1. The number of fused-ring (bicyclic) bond motifs is 1. The number of nitrogens with one attached hydrogen (secondary N) is 1. The summed E-state index contributed by atoms with van der Waals surface area (Å²) in [5.74, 6) is -0.287. The fourth-order valence-electron chi connectivity index (χ4n) is 2.19. The van der Waals surface area contributed by atoms with Crippen molar-refractivity contribution in [1.29, 1.82) is 0 Å². The van der Waals surface area contributed by atoms with Crippen molar-refractivity contribution < 1.29 is 9.90 Å². The van der Waals surface area contributed by atoms with E-state index in [1.165, 1.54) is 4.52 Å². The quantitative estimate of drug-likeness (QED) is 0.737. The van der Waals surface area contributed by atoms with Gasteiger partial charge in [-0.15, -0.1) is 0 Å². The summed E-state index contributed by atoms with van der Waals surface area (Å²) in [6.07, 6.45) is 1.64. The van der Waals surface area contributed by atoms with Gasteiger partial charge in [0.2, 0.25) is 0 Å². The van der Waals surface area contributed by atoms with E-state index in [0.717, 1.165) is 0 Å². The Kier molecular flexibility index (Phi) is 3.42. The lowest BCUT2D eigenvalue weighted by Gasteiger charge is -2.02. The third-order valence-corrected chi connectivity index (χ3v) is 3.29. The average molecular weight is 299 g/mol. The van der Waals surface area contributed by atoms with E-state index >= 15 is 0 Å². The zero-order valence-electron chi connectivity index (χ0n) is 11.8. The van der Waals surface area contributed by atoms with Crippen molar-refractivity contribution in [2.75, 3.05) is 0 Å². The van der Waals surface area contributed by atoms with Gasteiger partial charge < -0.3 is 5.11 Å². The molecule has 2 N–H and O–H groups in total. The van der Waals surface area contributed by atoms with Crippen LogP contribution in [0.3, 0.4) is 0 Å². The fraction of sp³-hybridized carbons (Fsp3) is 0.214. The molecule has 3 aromatic rings. The summed E-state index contributed by atoms with van der Waals surface area (Å²) in [5, 5.41) is 11.6. The number of carbonyl (C=O) groups is 1. The molecule has 112 valence electrons. The highest BCUT2D eigenvalue weighted by Crippen LogP contribution is 2.12. The molecule has 0 fully saturated rings. The normalized spacial score (nSPS) is 11.0. The largest absolute Gasteiger partial charge is 0.481 e. The van der Waals surface area contributed by atoms with Gasteiger partial charge in [0.25, 0.3) is 11.3 Å². The van der Waals surface area contributed by atoms with E-state index in [9.17, 15) is 9.59 Å². The van der Waals surface area contributed by atoms with Crippen LogP contribution in [-0.2, 0) is 11.2 Å². The molecule has 0 amide bonds. The van der Waals surface area contributed by atoms with Crippen LogP contribution in [0.25, 0.3) is 17.3 Å². The fourth-order valence-corrected chi connectivity index (χ4v) is 2.19. The lowest BCUT2D eigenvalue weighted by Crippen LogP contribution is -2.22. The molecule has 0 aliphatic rings. The van der Waals surface area contributed by atoms with E-state index in [-0.39, 0.29) is 24.2 Å². The van der Waals surface area contributed by atoms with Gasteiger partial charge in [0, 0.05) is 18.2 Å². The van der Waals surface area contributed by atoms with E-state index in [2.05, 4.69) is 20.1 Å². The molecule has 0 spiro atoms. The minimum Gasteiger partial charge on any atom is -0.481 e. The summed E-state index contributed by atoms with van der Waals surface area (Å²) < 4.78 is 1.22. The van der Waals surface area contributed by atoms with Crippen LogP contribution < -0.4 is 5.56 Å². The molecule has 22 heavy (non-hydrogen) atoms. The van der Waals surface area contributed by atoms with Crippen molar-refractivity contribution >= 4 is 11.7 Å². The molecule has 3 rings (SSSR count). The second kappa shape index (κ2) is 5.40. The standard InChI is InChI=1S/C14H13N5O3/c1-8-9(5-6-11(20)21)13(22)19-14(16-8)17-12(18-19)10-4-2-3-7-15-10/h2-4,7H,5-6H2,1H3,(H,20,21)(H,16,17,18). The molecule has 0 saturated carbocycles. The maximum Gasteiger partial charge on any atom is 0.303 e. The van der Waals surface area contributed by atoms with Gasteiger partial charge in [-0.05, 0) is 25.5 Å². The number of hydrogen-bond acceptors (Lipinski definition) is 5. The summed E-state index contributed by atoms with van der Waals surface area (Å²) in [5.41, 5.74) is 1.12. The van der Waals surface area contributed by atoms with Crippen molar-refractivity contribution in [3.05, 3.63) is 46.0 Å². The first-order chi connectivity index (χ1) is 10.6. The number of hydrogen-bond donors (Lipinski definition) is 2. The molecule has 3 aromatic heterocycles. The minimum atomic E-state index is -0.956. The molecular weight excluding hydrogens is 286 g/mol. The molecule has 8 nitrogen and oxygen atoms in total. The molecular formula is C14H13N5O3. The van der Waals surface area contributed by atoms with E-state index in [1.54, 1.807) is 25.3 Å². The van der Waals surface area contributed by atoms with Crippen LogP contribution in [0, 0.1) is 6.92 Å². The summed E-state index contributed by atoms with van der Waals surface area (Å²) in [6, 6.07) is 5.36. The number of aromatic nitrogens is 5. The van der Waals surface area contributed by atoms with Crippen molar-refractivity contribution in [1.82, 2.24) is 24.6 Å². The maximum atomic E-state index is 12.4. The average Bonchev–Trinajstić information content (AvgIpc) is 2.92. The van der Waals surface area contributed by atoms with Gasteiger partial charge >= 0.3 is 5.97 Å². The van der Waals surface area contributed by atoms with Crippen LogP contribution in [0.5, 0.6) is 0 Å². The van der Waals surface area contributed by atoms with E-state index in [1.807, 2.05) is 6.07 Å².